The highest BCUT2D eigenvalue weighted by Gasteiger charge is 2.08. The Kier molecular flexibility index (Phi) is 4.56. The van der Waals surface area contributed by atoms with Crippen LogP contribution in [-0.2, 0) is 11.8 Å². The minimum Gasteiger partial charge on any atom is -0.206 e. The SMILES string of the molecule is N#CCCc1cc(Br)cc(CBr)c1F. The van der Waals surface area contributed by atoms with Crippen molar-refractivity contribution in [2.45, 2.75) is 18.2 Å². The molecule has 14 heavy (non-hydrogen) atoms. The van der Waals surface area contributed by atoms with Gasteiger partial charge in [-0.25, -0.2) is 4.39 Å². The fraction of sp³-hybridized carbons (Fsp3) is 0.300. The molecule has 4 heteroatoms. The molecule has 0 unspecified atom stereocenters. The first kappa shape index (κ1) is 11.7. The van der Waals surface area contributed by atoms with Crippen LogP contribution in [0.15, 0.2) is 16.6 Å². The Labute approximate surface area is 99.2 Å². The van der Waals surface area contributed by atoms with E-state index in [0.717, 1.165) is 4.47 Å². The highest BCUT2D eigenvalue weighted by Crippen LogP contribution is 2.23. The first-order valence-electron chi connectivity index (χ1n) is 4.08. The first-order valence-corrected chi connectivity index (χ1v) is 6.00. The number of halogens is 3. The van der Waals surface area contributed by atoms with Crippen molar-refractivity contribution < 1.29 is 4.39 Å². The van der Waals surface area contributed by atoms with Gasteiger partial charge in [-0.1, -0.05) is 31.9 Å². The number of aryl methyl sites for hydroxylation is 1. The van der Waals surface area contributed by atoms with E-state index in [1.807, 2.05) is 6.07 Å². The second kappa shape index (κ2) is 5.47. The van der Waals surface area contributed by atoms with E-state index in [2.05, 4.69) is 31.9 Å². The largest absolute Gasteiger partial charge is 0.206 e. The molecule has 1 nitrogen and oxygen atoms in total. The predicted molar refractivity (Wildman–Crippen MR) is 60.7 cm³/mol. The molecule has 0 aromatic heterocycles. The van der Waals surface area contributed by atoms with E-state index in [-0.39, 0.29) is 5.82 Å². The van der Waals surface area contributed by atoms with Crippen molar-refractivity contribution in [1.29, 1.82) is 5.26 Å². The molecule has 1 aromatic carbocycles. The van der Waals surface area contributed by atoms with Gasteiger partial charge in [0.25, 0.3) is 0 Å². The Morgan fingerprint density at radius 3 is 2.57 bits per heavy atom. The van der Waals surface area contributed by atoms with E-state index < -0.39 is 0 Å². The number of hydrogen-bond acceptors (Lipinski definition) is 1. The summed E-state index contributed by atoms with van der Waals surface area (Å²) in [7, 11) is 0. The molecule has 0 fully saturated rings. The molecule has 0 aliphatic rings. The summed E-state index contributed by atoms with van der Waals surface area (Å²) < 4.78 is 14.5. The number of rotatable bonds is 3. The Bertz CT molecular complexity index is 371. The molecule has 0 heterocycles. The molecule has 0 spiro atoms. The van der Waals surface area contributed by atoms with Gasteiger partial charge in [-0.3, -0.25) is 0 Å². The number of nitrogens with zero attached hydrogens (tertiary/aromatic N) is 1. The summed E-state index contributed by atoms with van der Waals surface area (Å²) in [4.78, 5) is 0. The molecular weight excluding hydrogens is 313 g/mol. The third-order valence-corrected chi connectivity index (χ3v) is 2.90. The first-order chi connectivity index (χ1) is 6.69. The second-order valence-corrected chi connectivity index (χ2v) is 4.31. The monoisotopic (exact) mass is 319 g/mol. The normalized spacial score (nSPS) is 9.86. The van der Waals surface area contributed by atoms with Crippen LogP contribution in [0.2, 0.25) is 0 Å². The minimum atomic E-state index is -0.208. The van der Waals surface area contributed by atoms with Crippen LogP contribution in [-0.4, -0.2) is 0 Å². The molecule has 0 atom stereocenters. The average molecular weight is 321 g/mol. The molecule has 1 aromatic rings. The van der Waals surface area contributed by atoms with Gasteiger partial charge in [-0.2, -0.15) is 5.26 Å². The minimum absolute atomic E-state index is 0.208. The number of hydrogen-bond donors (Lipinski definition) is 0. The van der Waals surface area contributed by atoms with Crippen LogP contribution in [0.25, 0.3) is 0 Å². The van der Waals surface area contributed by atoms with Crippen LogP contribution in [0.1, 0.15) is 17.5 Å². The van der Waals surface area contributed by atoms with Crippen LogP contribution in [0.4, 0.5) is 4.39 Å². The van der Waals surface area contributed by atoms with Gasteiger partial charge >= 0.3 is 0 Å². The summed E-state index contributed by atoms with van der Waals surface area (Å²) in [5.74, 6) is -0.208. The summed E-state index contributed by atoms with van der Waals surface area (Å²) in [6, 6.07) is 5.46. The van der Waals surface area contributed by atoms with E-state index in [1.165, 1.54) is 0 Å². The third kappa shape index (κ3) is 2.79. The van der Waals surface area contributed by atoms with Crippen molar-refractivity contribution in [1.82, 2.24) is 0 Å². The van der Waals surface area contributed by atoms with Gasteiger partial charge in [-0.15, -0.1) is 0 Å². The lowest BCUT2D eigenvalue weighted by atomic mass is 10.1. The van der Waals surface area contributed by atoms with E-state index >= 15 is 0 Å². The fourth-order valence-corrected chi connectivity index (χ4v) is 2.14. The topological polar surface area (TPSA) is 23.8 Å². The summed E-state index contributed by atoms with van der Waals surface area (Å²) in [5.41, 5.74) is 1.21. The van der Waals surface area contributed by atoms with Crippen molar-refractivity contribution in [2.75, 3.05) is 0 Å². The van der Waals surface area contributed by atoms with Crippen LogP contribution in [0, 0.1) is 17.1 Å². The Balaban J connectivity index is 3.04. The number of alkyl halides is 1. The number of nitriles is 1. The molecule has 74 valence electrons. The van der Waals surface area contributed by atoms with Crippen LogP contribution < -0.4 is 0 Å². The van der Waals surface area contributed by atoms with Crippen molar-refractivity contribution >= 4 is 31.9 Å². The van der Waals surface area contributed by atoms with Gasteiger partial charge in [0.05, 0.1) is 6.07 Å². The summed E-state index contributed by atoms with van der Waals surface area (Å²) >= 11 is 6.53. The fourth-order valence-electron chi connectivity index (χ4n) is 1.18. The third-order valence-electron chi connectivity index (χ3n) is 1.84. The van der Waals surface area contributed by atoms with Crippen molar-refractivity contribution in [3.8, 4) is 6.07 Å². The summed E-state index contributed by atoms with van der Waals surface area (Å²) in [6.07, 6.45) is 0.802. The van der Waals surface area contributed by atoms with E-state index in [9.17, 15) is 4.39 Å². The van der Waals surface area contributed by atoms with Crippen molar-refractivity contribution in [3.05, 3.63) is 33.5 Å². The zero-order chi connectivity index (χ0) is 10.6. The quantitative estimate of drug-likeness (QED) is 0.774. The maximum absolute atomic E-state index is 13.6. The van der Waals surface area contributed by atoms with Crippen LogP contribution >= 0.6 is 31.9 Å². The van der Waals surface area contributed by atoms with Gasteiger partial charge in [-0.05, 0) is 29.7 Å². The van der Waals surface area contributed by atoms with Gasteiger partial charge in [0.2, 0.25) is 0 Å². The van der Waals surface area contributed by atoms with E-state index in [1.54, 1.807) is 12.1 Å². The standard InChI is InChI=1S/C10H8Br2FN/c11-6-8-5-9(12)4-7(10(8)13)2-1-3-14/h4-5H,1-2,6H2. The molecule has 0 N–H and O–H groups in total. The molecule has 0 aliphatic heterocycles. The lowest BCUT2D eigenvalue weighted by Gasteiger charge is -2.06. The van der Waals surface area contributed by atoms with Gasteiger partial charge in [0.1, 0.15) is 5.82 Å². The van der Waals surface area contributed by atoms with Gasteiger partial charge in [0.15, 0.2) is 0 Å². The van der Waals surface area contributed by atoms with Gasteiger partial charge in [0, 0.05) is 16.2 Å². The Morgan fingerprint density at radius 1 is 1.36 bits per heavy atom. The lowest BCUT2D eigenvalue weighted by molar-refractivity contribution is 0.599. The maximum Gasteiger partial charge on any atom is 0.130 e. The van der Waals surface area contributed by atoms with Crippen molar-refractivity contribution in [2.24, 2.45) is 0 Å². The molecule has 1 rings (SSSR count). The summed E-state index contributed by atoms with van der Waals surface area (Å²) in [5, 5.41) is 8.90. The molecule has 0 saturated carbocycles. The van der Waals surface area contributed by atoms with Crippen LogP contribution in [0.5, 0.6) is 0 Å². The summed E-state index contributed by atoms with van der Waals surface area (Å²) in [6.45, 7) is 0. The Hall–Kier alpha value is -0.400. The number of benzene rings is 1. The van der Waals surface area contributed by atoms with Crippen molar-refractivity contribution in [3.63, 3.8) is 0 Å². The molecule has 0 radical (unpaired) electrons. The zero-order valence-electron chi connectivity index (χ0n) is 7.36. The van der Waals surface area contributed by atoms with E-state index in [4.69, 9.17) is 5.26 Å². The lowest BCUT2D eigenvalue weighted by Crippen LogP contribution is -1.95. The smallest absolute Gasteiger partial charge is 0.130 e. The predicted octanol–water partition coefficient (Wildman–Crippen LogP) is 3.94. The van der Waals surface area contributed by atoms with E-state index in [0.29, 0.717) is 29.3 Å². The molecular formula is C10H8Br2FN. The molecule has 0 saturated heterocycles. The molecule has 0 amide bonds. The zero-order valence-corrected chi connectivity index (χ0v) is 10.5. The molecule has 0 aliphatic carbocycles. The molecule has 0 bridgehead atoms. The van der Waals surface area contributed by atoms with Gasteiger partial charge < -0.3 is 0 Å². The second-order valence-electron chi connectivity index (χ2n) is 2.83. The van der Waals surface area contributed by atoms with Crippen LogP contribution in [0.3, 0.4) is 0 Å². The Morgan fingerprint density at radius 2 is 2.00 bits per heavy atom. The highest BCUT2D eigenvalue weighted by atomic mass is 79.9. The highest BCUT2D eigenvalue weighted by molar-refractivity contribution is 9.10. The average Bonchev–Trinajstić information content (AvgIpc) is 2.18. The maximum atomic E-state index is 13.6.